The molecule has 120 valence electrons. The minimum atomic E-state index is -0.203. The molecule has 0 aliphatic heterocycles. The van der Waals surface area contributed by atoms with Gasteiger partial charge in [0.05, 0.1) is 6.10 Å². The average molecular weight is 302 g/mol. The Bertz CT molecular complexity index is 577. The maximum absolute atomic E-state index is 12.7. The Balaban J connectivity index is 1.75. The number of hydrogen-bond donors (Lipinski definition) is 1. The van der Waals surface area contributed by atoms with Crippen molar-refractivity contribution in [2.75, 3.05) is 0 Å². The summed E-state index contributed by atoms with van der Waals surface area (Å²) in [5.74, 6) is 1.70. The van der Waals surface area contributed by atoms with Crippen LogP contribution >= 0.6 is 0 Å². The molecule has 3 fully saturated rings. The fourth-order valence-corrected chi connectivity index (χ4v) is 6.36. The van der Waals surface area contributed by atoms with Crippen LogP contribution < -0.4 is 0 Å². The molecule has 0 spiro atoms. The molecule has 0 saturated heterocycles. The highest BCUT2D eigenvalue weighted by atomic mass is 16.3. The molecular formula is C19H26O3. The zero-order chi connectivity index (χ0) is 15.7. The number of rotatable bonds is 0. The van der Waals surface area contributed by atoms with Gasteiger partial charge in [-0.2, -0.15) is 0 Å². The van der Waals surface area contributed by atoms with Crippen LogP contribution in [-0.2, 0) is 9.59 Å². The monoisotopic (exact) mass is 302 g/mol. The van der Waals surface area contributed by atoms with Crippen molar-refractivity contribution in [1.29, 1.82) is 0 Å². The van der Waals surface area contributed by atoms with E-state index in [1.807, 2.05) is 0 Å². The average Bonchev–Trinajstić information content (AvgIpc) is 2.77. The van der Waals surface area contributed by atoms with E-state index < -0.39 is 0 Å². The Hall–Kier alpha value is -0.960. The number of fused-ring (bicyclic) bond motifs is 5. The van der Waals surface area contributed by atoms with E-state index in [1.165, 1.54) is 0 Å². The summed E-state index contributed by atoms with van der Waals surface area (Å²) in [6.07, 6.45) is 7.54. The first kappa shape index (κ1) is 14.6. The molecule has 0 heterocycles. The number of Topliss-reactive ketones (excluding diaryl/α,β-unsaturated/α-hetero) is 1. The third kappa shape index (κ3) is 1.72. The summed E-state index contributed by atoms with van der Waals surface area (Å²) in [6.45, 7) is 4.45. The highest BCUT2D eigenvalue weighted by Crippen LogP contribution is 2.64. The molecule has 3 saturated carbocycles. The largest absolute Gasteiger partial charge is 0.393 e. The summed E-state index contributed by atoms with van der Waals surface area (Å²) in [5.41, 5.74) is 0.707. The Kier molecular flexibility index (Phi) is 3.01. The van der Waals surface area contributed by atoms with Gasteiger partial charge in [-0.3, -0.25) is 9.59 Å². The smallest absolute Gasteiger partial charge is 0.159 e. The second kappa shape index (κ2) is 4.53. The summed E-state index contributed by atoms with van der Waals surface area (Å²) < 4.78 is 0. The van der Waals surface area contributed by atoms with E-state index in [0.717, 1.165) is 37.7 Å². The van der Waals surface area contributed by atoms with Crippen molar-refractivity contribution in [3.05, 3.63) is 11.6 Å². The molecule has 0 bridgehead atoms. The van der Waals surface area contributed by atoms with Crippen LogP contribution in [0.4, 0.5) is 0 Å². The molecule has 1 N–H and O–H groups in total. The lowest BCUT2D eigenvalue weighted by molar-refractivity contribution is -0.132. The van der Waals surface area contributed by atoms with Crippen molar-refractivity contribution in [3.63, 3.8) is 0 Å². The summed E-state index contributed by atoms with van der Waals surface area (Å²) in [7, 11) is 0. The Morgan fingerprint density at radius 2 is 1.86 bits per heavy atom. The van der Waals surface area contributed by atoms with Gasteiger partial charge in [-0.25, -0.2) is 0 Å². The van der Waals surface area contributed by atoms with Gasteiger partial charge in [0.15, 0.2) is 11.6 Å². The molecule has 4 aliphatic carbocycles. The van der Waals surface area contributed by atoms with Crippen LogP contribution in [0.25, 0.3) is 0 Å². The Morgan fingerprint density at radius 3 is 2.64 bits per heavy atom. The topological polar surface area (TPSA) is 54.4 Å². The van der Waals surface area contributed by atoms with Crippen molar-refractivity contribution in [3.8, 4) is 0 Å². The van der Waals surface area contributed by atoms with Crippen LogP contribution in [0.2, 0.25) is 0 Å². The standard InChI is InChI=1S/C19H26O3/c1-18-7-5-11(20)9-15(18)16(21)10-12-13-3-4-17(22)19(13,2)8-6-14(12)18/h9,12-14,17,22H,3-8,10H2,1-2H3. The van der Waals surface area contributed by atoms with Gasteiger partial charge < -0.3 is 5.11 Å². The predicted octanol–water partition coefficient (Wildman–Crippen LogP) is 3.06. The Morgan fingerprint density at radius 1 is 1.09 bits per heavy atom. The van der Waals surface area contributed by atoms with E-state index in [1.54, 1.807) is 6.08 Å². The molecule has 0 aromatic heterocycles. The second-order valence-electron chi connectivity index (χ2n) is 8.58. The quantitative estimate of drug-likeness (QED) is 0.748. The minimum absolute atomic E-state index is 0.00348. The maximum atomic E-state index is 12.7. The van der Waals surface area contributed by atoms with E-state index in [9.17, 15) is 14.7 Å². The summed E-state index contributed by atoms with van der Waals surface area (Å²) in [4.78, 5) is 24.5. The van der Waals surface area contributed by atoms with Crippen molar-refractivity contribution in [2.45, 2.75) is 64.9 Å². The summed E-state index contributed by atoms with van der Waals surface area (Å²) in [6, 6.07) is 0. The summed E-state index contributed by atoms with van der Waals surface area (Å²) >= 11 is 0. The number of ketones is 2. The molecule has 4 aliphatic rings. The van der Waals surface area contributed by atoms with Gasteiger partial charge >= 0.3 is 0 Å². The molecular weight excluding hydrogens is 276 g/mol. The van der Waals surface area contributed by atoms with E-state index >= 15 is 0 Å². The highest BCUT2D eigenvalue weighted by Gasteiger charge is 2.60. The predicted molar refractivity (Wildman–Crippen MR) is 83.1 cm³/mol. The van der Waals surface area contributed by atoms with Gasteiger partial charge in [0.1, 0.15) is 0 Å². The third-order valence-corrected chi connectivity index (χ3v) is 7.74. The highest BCUT2D eigenvalue weighted by molar-refractivity contribution is 6.05. The van der Waals surface area contributed by atoms with Gasteiger partial charge in [0.25, 0.3) is 0 Å². The van der Waals surface area contributed by atoms with Crippen molar-refractivity contribution < 1.29 is 14.7 Å². The third-order valence-electron chi connectivity index (χ3n) is 7.74. The summed E-state index contributed by atoms with van der Waals surface area (Å²) in [5, 5.41) is 10.4. The normalized spacial score (nSPS) is 51.0. The zero-order valence-electron chi connectivity index (χ0n) is 13.6. The lowest BCUT2D eigenvalue weighted by Crippen LogP contribution is -2.53. The molecule has 0 amide bonds. The van der Waals surface area contributed by atoms with E-state index in [0.29, 0.717) is 30.6 Å². The Labute approximate surface area is 132 Å². The van der Waals surface area contributed by atoms with Gasteiger partial charge in [0, 0.05) is 18.4 Å². The lowest BCUT2D eigenvalue weighted by atomic mass is 9.47. The van der Waals surface area contributed by atoms with Gasteiger partial charge in [-0.05, 0) is 66.8 Å². The molecule has 3 heteroatoms. The van der Waals surface area contributed by atoms with Crippen LogP contribution in [0.15, 0.2) is 11.6 Å². The first-order valence-corrected chi connectivity index (χ1v) is 8.82. The molecule has 6 unspecified atom stereocenters. The molecule has 3 nitrogen and oxygen atoms in total. The fraction of sp³-hybridized carbons (Fsp3) is 0.789. The number of allylic oxidation sites excluding steroid dienone is 1. The van der Waals surface area contributed by atoms with Crippen LogP contribution in [0.1, 0.15) is 58.8 Å². The molecule has 0 aromatic rings. The van der Waals surface area contributed by atoms with Gasteiger partial charge in [-0.15, -0.1) is 0 Å². The molecule has 0 radical (unpaired) electrons. The number of hydrogen-bond acceptors (Lipinski definition) is 3. The van der Waals surface area contributed by atoms with E-state index in [2.05, 4.69) is 13.8 Å². The number of aliphatic hydroxyl groups excluding tert-OH is 1. The van der Waals surface area contributed by atoms with Crippen molar-refractivity contribution in [1.82, 2.24) is 0 Å². The maximum Gasteiger partial charge on any atom is 0.159 e. The van der Waals surface area contributed by atoms with Gasteiger partial charge in [0.2, 0.25) is 0 Å². The van der Waals surface area contributed by atoms with Crippen LogP contribution in [0.5, 0.6) is 0 Å². The fourth-order valence-electron chi connectivity index (χ4n) is 6.36. The number of carbonyl (C=O) groups excluding carboxylic acids is 2. The van der Waals surface area contributed by atoms with E-state index in [-0.39, 0.29) is 28.5 Å². The lowest BCUT2D eigenvalue weighted by Gasteiger charge is -2.56. The van der Waals surface area contributed by atoms with Crippen molar-refractivity contribution in [2.24, 2.45) is 28.6 Å². The molecule has 22 heavy (non-hydrogen) atoms. The second-order valence-corrected chi connectivity index (χ2v) is 8.58. The van der Waals surface area contributed by atoms with Crippen LogP contribution in [0.3, 0.4) is 0 Å². The number of aliphatic hydroxyl groups is 1. The van der Waals surface area contributed by atoms with Crippen LogP contribution in [0, 0.1) is 28.6 Å². The first-order valence-electron chi connectivity index (χ1n) is 8.82. The minimum Gasteiger partial charge on any atom is -0.393 e. The van der Waals surface area contributed by atoms with Gasteiger partial charge in [-0.1, -0.05) is 13.8 Å². The van der Waals surface area contributed by atoms with Crippen LogP contribution in [-0.4, -0.2) is 22.8 Å². The molecule has 0 aromatic carbocycles. The molecule has 6 atom stereocenters. The molecule has 4 rings (SSSR count). The first-order chi connectivity index (χ1) is 10.4. The van der Waals surface area contributed by atoms with Crippen molar-refractivity contribution >= 4 is 11.6 Å². The SMILES string of the molecule is CC12CCC(=O)C=C1C(=O)CC1C2CCC2(C)C(O)CCC12. The van der Waals surface area contributed by atoms with E-state index in [4.69, 9.17) is 0 Å². The zero-order valence-corrected chi connectivity index (χ0v) is 13.6. The number of carbonyl (C=O) groups is 2.